The molecule has 3 nitrogen and oxygen atoms in total. The Morgan fingerprint density at radius 2 is 1.57 bits per heavy atom. The number of hydrogen-bond donors (Lipinski definition) is 0. The molecule has 1 saturated heterocycles. The van der Waals surface area contributed by atoms with Gasteiger partial charge in [0.1, 0.15) is 12.1 Å². The molecule has 2 atom stereocenters. The predicted molar refractivity (Wildman–Crippen MR) is 123 cm³/mol. The van der Waals surface area contributed by atoms with E-state index in [1.165, 1.54) is 24.0 Å². The number of nitrogens with zero attached hydrogens (tertiary/aromatic N) is 1. The van der Waals surface area contributed by atoms with Crippen molar-refractivity contribution in [3.05, 3.63) is 71.8 Å². The highest BCUT2D eigenvalue weighted by molar-refractivity contribution is 5.20. The molecule has 0 aliphatic carbocycles. The number of unbranched alkanes of at least 4 members (excludes halogenated alkanes) is 3. The summed E-state index contributed by atoms with van der Waals surface area (Å²) in [6.45, 7) is 8.41. The first-order valence-electron chi connectivity index (χ1n) is 11.2. The van der Waals surface area contributed by atoms with E-state index in [9.17, 15) is 0 Å². The average molecular weight is 406 g/mol. The van der Waals surface area contributed by atoms with Crippen molar-refractivity contribution in [1.82, 2.24) is 4.90 Å². The first kappa shape index (κ1) is 22.6. The van der Waals surface area contributed by atoms with Gasteiger partial charge in [0.2, 0.25) is 0 Å². The van der Waals surface area contributed by atoms with Gasteiger partial charge in [-0.15, -0.1) is 5.92 Å². The average Bonchev–Trinajstić information content (AvgIpc) is 3.11. The zero-order valence-electron chi connectivity index (χ0n) is 18.6. The van der Waals surface area contributed by atoms with Gasteiger partial charge < -0.3 is 9.47 Å². The van der Waals surface area contributed by atoms with Crippen LogP contribution in [0.5, 0.6) is 0 Å². The van der Waals surface area contributed by atoms with Gasteiger partial charge >= 0.3 is 0 Å². The van der Waals surface area contributed by atoms with Crippen molar-refractivity contribution in [2.75, 3.05) is 6.61 Å². The highest BCUT2D eigenvalue weighted by Gasteiger charge is 2.39. The maximum Gasteiger partial charge on any atom is 0.163 e. The zero-order valence-corrected chi connectivity index (χ0v) is 18.6. The lowest BCUT2D eigenvalue weighted by molar-refractivity contribution is -0.144. The molecule has 1 heterocycles. The lowest BCUT2D eigenvalue weighted by atomic mass is 10.1. The van der Waals surface area contributed by atoms with Crippen molar-refractivity contribution in [1.29, 1.82) is 0 Å². The van der Waals surface area contributed by atoms with Crippen molar-refractivity contribution in [2.45, 2.75) is 77.5 Å². The van der Waals surface area contributed by atoms with Crippen molar-refractivity contribution < 1.29 is 9.47 Å². The highest BCUT2D eigenvalue weighted by Crippen LogP contribution is 2.27. The number of rotatable bonds is 9. The molecule has 0 spiro atoms. The molecule has 2 aromatic carbocycles. The Bertz CT molecular complexity index is 766. The molecule has 0 bridgehead atoms. The second kappa shape index (κ2) is 11.3. The Morgan fingerprint density at radius 1 is 0.967 bits per heavy atom. The fourth-order valence-electron chi connectivity index (χ4n) is 3.82. The lowest BCUT2D eigenvalue weighted by Crippen LogP contribution is -2.44. The highest BCUT2D eigenvalue weighted by atomic mass is 16.7. The molecule has 0 radical (unpaired) electrons. The third-order valence-electron chi connectivity index (χ3n) is 5.39. The maximum absolute atomic E-state index is 6.28. The van der Waals surface area contributed by atoms with Crippen molar-refractivity contribution in [2.24, 2.45) is 0 Å². The van der Waals surface area contributed by atoms with Gasteiger partial charge in [0.15, 0.2) is 5.79 Å². The molecule has 0 saturated carbocycles. The first-order valence-corrected chi connectivity index (χ1v) is 11.2. The number of benzene rings is 2. The van der Waals surface area contributed by atoms with Crippen molar-refractivity contribution in [3.63, 3.8) is 0 Å². The molecular weight excluding hydrogens is 370 g/mol. The lowest BCUT2D eigenvalue weighted by Gasteiger charge is -2.32. The van der Waals surface area contributed by atoms with Crippen molar-refractivity contribution >= 4 is 0 Å². The summed E-state index contributed by atoms with van der Waals surface area (Å²) in [7, 11) is 0. The van der Waals surface area contributed by atoms with Crippen molar-refractivity contribution in [3.8, 4) is 11.8 Å². The topological polar surface area (TPSA) is 21.7 Å². The monoisotopic (exact) mass is 405 g/mol. The van der Waals surface area contributed by atoms with E-state index in [0.29, 0.717) is 6.61 Å². The summed E-state index contributed by atoms with van der Waals surface area (Å²) in [6, 6.07) is 21.2. The second-order valence-corrected chi connectivity index (χ2v) is 8.47. The Balaban J connectivity index is 1.85. The first-order chi connectivity index (χ1) is 14.6. The van der Waals surface area contributed by atoms with E-state index in [1.54, 1.807) is 0 Å². The van der Waals surface area contributed by atoms with E-state index in [4.69, 9.17) is 9.47 Å². The summed E-state index contributed by atoms with van der Waals surface area (Å²) in [4.78, 5) is 2.44. The molecule has 1 aliphatic heterocycles. The second-order valence-electron chi connectivity index (χ2n) is 8.47. The van der Waals surface area contributed by atoms with Crippen LogP contribution in [0.2, 0.25) is 0 Å². The van der Waals surface area contributed by atoms with Gasteiger partial charge in [0, 0.05) is 19.5 Å². The van der Waals surface area contributed by atoms with Gasteiger partial charge in [-0.25, -0.2) is 0 Å². The minimum atomic E-state index is -0.558. The summed E-state index contributed by atoms with van der Waals surface area (Å²) < 4.78 is 12.2. The van der Waals surface area contributed by atoms with E-state index in [2.05, 4.69) is 84.3 Å². The van der Waals surface area contributed by atoms with Crippen LogP contribution in [0.3, 0.4) is 0 Å². The van der Waals surface area contributed by atoms with E-state index < -0.39 is 5.79 Å². The van der Waals surface area contributed by atoms with E-state index >= 15 is 0 Å². The molecule has 3 rings (SSSR count). The smallest absolute Gasteiger partial charge is 0.163 e. The summed E-state index contributed by atoms with van der Waals surface area (Å²) in [5, 5.41) is 0. The molecule has 0 aromatic heterocycles. The molecule has 2 aromatic rings. The fraction of sp³-hybridized carbons (Fsp3) is 0.481. The van der Waals surface area contributed by atoms with E-state index in [1.807, 2.05) is 13.8 Å². The van der Waals surface area contributed by atoms with Crippen LogP contribution in [0.4, 0.5) is 0 Å². The Morgan fingerprint density at radius 3 is 2.07 bits per heavy atom. The molecule has 0 amide bonds. The normalized spacial score (nSPS) is 18.7. The molecule has 1 aliphatic rings. The van der Waals surface area contributed by atoms with E-state index in [-0.39, 0.29) is 12.1 Å². The fourth-order valence-corrected chi connectivity index (χ4v) is 3.82. The van der Waals surface area contributed by atoms with E-state index in [0.717, 1.165) is 25.9 Å². The van der Waals surface area contributed by atoms with Gasteiger partial charge in [0.25, 0.3) is 0 Å². The summed E-state index contributed by atoms with van der Waals surface area (Å²) in [5.74, 6) is 6.46. The van der Waals surface area contributed by atoms with Crippen LogP contribution in [0.1, 0.15) is 57.6 Å². The van der Waals surface area contributed by atoms with Crippen LogP contribution < -0.4 is 0 Å². The van der Waals surface area contributed by atoms with Crippen LogP contribution in [-0.4, -0.2) is 29.4 Å². The molecule has 2 unspecified atom stereocenters. The summed E-state index contributed by atoms with van der Waals surface area (Å²) in [5.41, 5.74) is 2.56. The predicted octanol–water partition coefficient (Wildman–Crippen LogP) is 5.79. The third-order valence-corrected chi connectivity index (χ3v) is 5.39. The Labute approximate surface area is 182 Å². The summed E-state index contributed by atoms with van der Waals surface area (Å²) in [6.07, 6.45) is 4.47. The van der Waals surface area contributed by atoms with Crippen LogP contribution in [0.15, 0.2) is 60.7 Å². The number of hydrogen-bond acceptors (Lipinski definition) is 3. The van der Waals surface area contributed by atoms with Crippen LogP contribution in [-0.2, 0) is 22.6 Å². The maximum atomic E-state index is 6.28. The summed E-state index contributed by atoms with van der Waals surface area (Å²) >= 11 is 0. The van der Waals surface area contributed by atoms with Gasteiger partial charge in [-0.2, -0.15) is 0 Å². The van der Waals surface area contributed by atoms with Gasteiger partial charge in [0.05, 0.1) is 6.61 Å². The number of ether oxygens (including phenoxy) is 2. The molecule has 1 fully saturated rings. The minimum Gasteiger partial charge on any atom is -0.348 e. The minimum absolute atomic E-state index is 0.0196. The SMILES string of the molecule is CCCCCC#CC(C1COC(C)(C)O1)N(Cc1ccccc1)Cc1ccccc1. The largest absolute Gasteiger partial charge is 0.348 e. The van der Waals surface area contributed by atoms with Gasteiger partial charge in [-0.1, -0.05) is 86.3 Å². The molecular formula is C27H35NO2. The molecule has 3 heteroatoms. The van der Waals surface area contributed by atoms with Crippen LogP contribution in [0, 0.1) is 11.8 Å². The Kier molecular flexibility index (Phi) is 8.51. The molecule has 30 heavy (non-hydrogen) atoms. The zero-order chi connectivity index (χ0) is 21.2. The van der Waals surface area contributed by atoms with Gasteiger partial charge in [-0.3, -0.25) is 4.90 Å². The van der Waals surface area contributed by atoms with Crippen LogP contribution >= 0.6 is 0 Å². The molecule has 160 valence electrons. The standard InChI is InChI=1S/C27H35NO2/c1-4-5-6-7-14-19-25(26-22-29-27(2,3)30-26)28(20-23-15-10-8-11-16-23)21-24-17-12-9-13-18-24/h8-13,15-18,25-26H,4-7,20-22H2,1-3H3. The van der Waals surface area contributed by atoms with Crippen LogP contribution in [0.25, 0.3) is 0 Å². The third kappa shape index (κ3) is 6.99. The molecule has 0 N–H and O–H groups in total. The van der Waals surface area contributed by atoms with Gasteiger partial charge in [-0.05, 0) is 31.4 Å². The quantitative estimate of drug-likeness (QED) is 0.389. The Hall–Kier alpha value is -2.12.